The molecular weight excluding hydrogens is 394 g/mol. The highest BCUT2D eigenvalue weighted by atomic mass is 16.5. The monoisotopic (exact) mass is 419 g/mol. The number of furan rings is 1. The van der Waals surface area contributed by atoms with Crippen molar-refractivity contribution in [3.8, 4) is 11.5 Å². The third-order valence-corrected chi connectivity index (χ3v) is 5.02. The second-order valence-electron chi connectivity index (χ2n) is 7.14. The molecule has 2 aromatic carbocycles. The van der Waals surface area contributed by atoms with Crippen LogP contribution in [0.15, 0.2) is 71.3 Å². The zero-order valence-corrected chi connectivity index (χ0v) is 17.6. The molecule has 7 heteroatoms. The number of benzene rings is 2. The molecule has 4 rings (SSSR count). The van der Waals surface area contributed by atoms with E-state index in [4.69, 9.17) is 18.9 Å². The summed E-state index contributed by atoms with van der Waals surface area (Å²) in [7, 11) is 1.63. The highest BCUT2D eigenvalue weighted by molar-refractivity contribution is 5.91. The molecule has 1 atom stereocenters. The van der Waals surface area contributed by atoms with Crippen molar-refractivity contribution in [1.82, 2.24) is 14.9 Å². The minimum atomic E-state index is -0.292. The standard InChI is InChI=1S/C24H25N3O4/c1-17(25-24(28)22-13-7-15-31-22)23-26-18-9-3-4-10-19(18)27(23)14-8-16-30-21-12-6-5-11-20(21)29-2/h3-7,9-13,15,17H,8,14,16H2,1-2H3,(H,25,28)/t17-/m0/s1. The van der Waals surface area contributed by atoms with Crippen LogP contribution in [0.1, 0.15) is 35.8 Å². The number of hydrogen-bond acceptors (Lipinski definition) is 5. The van der Waals surface area contributed by atoms with Gasteiger partial charge in [-0.15, -0.1) is 0 Å². The van der Waals surface area contributed by atoms with E-state index in [2.05, 4.69) is 9.88 Å². The molecule has 0 fully saturated rings. The van der Waals surface area contributed by atoms with Crippen LogP contribution >= 0.6 is 0 Å². The molecule has 0 radical (unpaired) electrons. The minimum absolute atomic E-state index is 0.268. The van der Waals surface area contributed by atoms with E-state index in [-0.39, 0.29) is 17.7 Å². The summed E-state index contributed by atoms with van der Waals surface area (Å²) in [5.74, 6) is 2.24. The number of rotatable bonds is 9. The summed E-state index contributed by atoms with van der Waals surface area (Å²) < 4.78 is 18.6. The molecule has 0 spiro atoms. The maximum absolute atomic E-state index is 12.4. The third-order valence-electron chi connectivity index (χ3n) is 5.02. The molecule has 0 unspecified atom stereocenters. The van der Waals surface area contributed by atoms with E-state index >= 15 is 0 Å². The van der Waals surface area contributed by atoms with Crippen LogP contribution in [0.4, 0.5) is 0 Å². The smallest absolute Gasteiger partial charge is 0.287 e. The van der Waals surface area contributed by atoms with Gasteiger partial charge in [0.25, 0.3) is 5.91 Å². The number of methoxy groups -OCH3 is 1. The SMILES string of the molecule is COc1ccccc1OCCCn1c([C@H](C)NC(=O)c2ccco2)nc2ccccc21. The lowest BCUT2D eigenvalue weighted by atomic mass is 10.2. The number of hydrogen-bond donors (Lipinski definition) is 1. The molecule has 0 aliphatic heterocycles. The first-order valence-electron chi connectivity index (χ1n) is 10.2. The van der Waals surface area contributed by atoms with E-state index in [9.17, 15) is 4.79 Å². The molecule has 0 saturated carbocycles. The number of para-hydroxylation sites is 4. The van der Waals surface area contributed by atoms with Gasteiger partial charge in [-0.3, -0.25) is 4.79 Å². The minimum Gasteiger partial charge on any atom is -0.493 e. The topological polar surface area (TPSA) is 78.5 Å². The van der Waals surface area contributed by atoms with Gasteiger partial charge >= 0.3 is 0 Å². The van der Waals surface area contributed by atoms with Crippen molar-refractivity contribution in [3.05, 3.63) is 78.5 Å². The molecule has 0 bridgehead atoms. The average molecular weight is 419 g/mol. The lowest BCUT2D eigenvalue weighted by molar-refractivity contribution is 0.0909. The van der Waals surface area contributed by atoms with Gasteiger partial charge in [-0.25, -0.2) is 4.98 Å². The quantitative estimate of drug-likeness (QED) is 0.401. The molecule has 2 heterocycles. The Balaban J connectivity index is 1.48. The third kappa shape index (κ3) is 4.55. The largest absolute Gasteiger partial charge is 0.493 e. The fraction of sp³-hybridized carbons (Fsp3) is 0.250. The van der Waals surface area contributed by atoms with E-state index in [1.165, 1.54) is 6.26 Å². The van der Waals surface area contributed by atoms with Gasteiger partial charge < -0.3 is 23.8 Å². The molecule has 1 amide bonds. The Hall–Kier alpha value is -3.74. The number of ether oxygens (including phenoxy) is 2. The number of nitrogens with zero attached hydrogens (tertiary/aromatic N) is 2. The first-order chi connectivity index (χ1) is 15.2. The van der Waals surface area contributed by atoms with Crippen LogP contribution < -0.4 is 14.8 Å². The molecule has 4 aromatic rings. The van der Waals surface area contributed by atoms with E-state index < -0.39 is 0 Å². The molecule has 1 N–H and O–H groups in total. The van der Waals surface area contributed by atoms with Crippen molar-refractivity contribution >= 4 is 16.9 Å². The van der Waals surface area contributed by atoms with Crippen molar-refractivity contribution in [3.63, 3.8) is 0 Å². The van der Waals surface area contributed by atoms with Gasteiger partial charge in [0.05, 0.1) is 37.1 Å². The number of imidazole rings is 1. The van der Waals surface area contributed by atoms with E-state index in [1.54, 1.807) is 19.2 Å². The summed E-state index contributed by atoms with van der Waals surface area (Å²) in [4.78, 5) is 17.2. The van der Waals surface area contributed by atoms with Gasteiger partial charge in [0.1, 0.15) is 5.82 Å². The lowest BCUT2D eigenvalue weighted by Gasteiger charge is -2.16. The van der Waals surface area contributed by atoms with Gasteiger partial charge in [-0.1, -0.05) is 24.3 Å². The molecule has 0 aliphatic rings. The fourth-order valence-corrected chi connectivity index (χ4v) is 3.54. The summed E-state index contributed by atoms with van der Waals surface area (Å²) in [6.45, 7) is 3.15. The predicted octanol–water partition coefficient (Wildman–Crippen LogP) is 4.60. The zero-order chi connectivity index (χ0) is 21.6. The normalized spacial score (nSPS) is 11.9. The summed E-state index contributed by atoms with van der Waals surface area (Å²) in [5, 5.41) is 2.97. The van der Waals surface area contributed by atoms with Gasteiger partial charge in [0.15, 0.2) is 17.3 Å². The van der Waals surface area contributed by atoms with Crippen molar-refractivity contribution < 1.29 is 18.7 Å². The maximum atomic E-state index is 12.4. The van der Waals surface area contributed by atoms with Crippen molar-refractivity contribution in [2.24, 2.45) is 0 Å². The Kier molecular flexibility index (Phi) is 6.21. The molecule has 7 nitrogen and oxygen atoms in total. The first-order valence-corrected chi connectivity index (χ1v) is 10.2. The van der Waals surface area contributed by atoms with Gasteiger partial charge in [-0.2, -0.15) is 0 Å². The van der Waals surface area contributed by atoms with Gasteiger partial charge in [-0.05, 0) is 49.7 Å². The number of amides is 1. The summed E-state index contributed by atoms with van der Waals surface area (Å²) in [6, 6.07) is 18.6. The highest BCUT2D eigenvalue weighted by Gasteiger charge is 2.20. The molecule has 0 saturated heterocycles. The Morgan fingerprint density at radius 3 is 2.65 bits per heavy atom. The zero-order valence-electron chi connectivity index (χ0n) is 17.6. The van der Waals surface area contributed by atoms with Crippen LogP contribution in [0, 0.1) is 0 Å². The van der Waals surface area contributed by atoms with Crippen molar-refractivity contribution in [2.45, 2.75) is 25.9 Å². The van der Waals surface area contributed by atoms with Crippen LogP contribution in [0.2, 0.25) is 0 Å². The molecule has 31 heavy (non-hydrogen) atoms. The van der Waals surface area contributed by atoms with Crippen LogP contribution in [-0.2, 0) is 6.54 Å². The summed E-state index contributed by atoms with van der Waals surface area (Å²) in [6.07, 6.45) is 2.25. The van der Waals surface area contributed by atoms with E-state index in [0.29, 0.717) is 18.9 Å². The van der Waals surface area contributed by atoms with Crippen molar-refractivity contribution in [2.75, 3.05) is 13.7 Å². The number of carbonyl (C=O) groups excluding carboxylic acids is 1. The average Bonchev–Trinajstić information content (AvgIpc) is 3.45. The maximum Gasteiger partial charge on any atom is 0.287 e. The summed E-state index contributed by atoms with van der Waals surface area (Å²) in [5.41, 5.74) is 1.91. The molecule has 2 aromatic heterocycles. The fourth-order valence-electron chi connectivity index (χ4n) is 3.54. The second-order valence-corrected chi connectivity index (χ2v) is 7.14. The second kappa shape index (κ2) is 9.38. The highest BCUT2D eigenvalue weighted by Crippen LogP contribution is 2.26. The van der Waals surface area contributed by atoms with Crippen LogP contribution in [-0.4, -0.2) is 29.2 Å². The summed E-state index contributed by atoms with van der Waals surface area (Å²) >= 11 is 0. The van der Waals surface area contributed by atoms with Gasteiger partial charge in [0.2, 0.25) is 0 Å². The Morgan fingerprint density at radius 2 is 1.87 bits per heavy atom. The van der Waals surface area contributed by atoms with Gasteiger partial charge in [0, 0.05) is 6.54 Å². The predicted molar refractivity (Wildman–Crippen MR) is 117 cm³/mol. The molecule has 160 valence electrons. The number of nitrogens with one attached hydrogen (secondary N) is 1. The number of fused-ring (bicyclic) bond motifs is 1. The van der Waals surface area contributed by atoms with Crippen LogP contribution in [0.5, 0.6) is 11.5 Å². The Labute approximate surface area is 180 Å². The van der Waals surface area contributed by atoms with Crippen LogP contribution in [0.3, 0.4) is 0 Å². The number of aryl methyl sites for hydroxylation is 1. The Bertz CT molecular complexity index is 1150. The van der Waals surface area contributed by atoms with Crippen molar-refractivity contribution in [1.29, 1.82) is 0 Å². The Morgan fingerprint density at radius 1 is 1.10 bits per heavy atom. The number of carbonyl (C=O) groups is 1. The molecular formula is C24H25N3O4. The van der Waals surface area contributed by atoms with E-state index in [1.807, 2.05) is 55.5 Å². The first kappa shape index (κ1) is 20.5. The lowest BCUT2D eigenvalue weighted by Crippen LogP contribution is -2.28. The molecule has 0 aliphatic carbocycles. The number of aromatic nitrogens is 2. The van der Waals surface area contributed by atoms with E-state index in [0.717, 1.165) is 29.0 Å². The van der Waals surface area contributed by atoms with Crippen LogP contribution in [0.25, 0.3) is 11.0 Å².